The Morgan fingerprint density at radius 3 is 2.33 bits per heavy atom. The summed E-state index contributed by atoms with van der Waals surface area (Å²) in [7, 11) is 0. The highest BCUT2D eigenvalue weighted by Gasteiger charge is 2.12. The van der Waals surface area contributed by atoms with Gasteiger partial charge in [-0.05, 0) is 12.3 Å². The summed E-state index contributed by atoms with van der Waals surface area (Å²) in [5.74, 6) is 0.439. The van der Waals surface area contributed by atoms with Crippen LogP contribution in [0, 0.1) is 5.92 Å². The van der Waals surface area contributed by atoms with Gasteiger partial charge in [-0.2, -0.15) is 0 Å². The van der Waals surface area contributed by atoms with Crippen LogP contribution in [-0.2, 0) is 4.79 Å². The predicted molar refractivity (Wildman–Crippen MR) is 50.4 cm³/mol. The molecule has 0 aliphatic carbocycles. The number of carbonyl (C=O) groups is 1. The number of rotatable bonds is 4. The van der Waals surface area contributed by atoms with E-state index in [0.29, 0.717) is 11.6 Å². The van der Waals surface area contributed by atoms with E-state index in [9.17, 15) is 4.79 Å². The van der Waals surface area contributed by atoms with E-state index >= 15 is 0 Å². The van der Waals surface area contributed by atoms with Crippen molar-refractivity contribution in [1.29, 1.82) is 0 Å². The molecule has 0 rings (SSSR count). The number of nitrogens with one attached hydrogen (secondary N) is 1. The lowest BCUT2D eigenvalue weighted by molar-refractivity contribution is -0.119. The third kappa shape index (κ3) is 4.77. The van der Waals surface area contributed by atoms with Gasteiger partial charge in [-0.25, -0.2) is 0 Å². The molecule has 0 saturated carbocycles. The summed E-state index contributed by atoms with van der Waals surface area (Å²) in [4.78, 5) is 10.7. The largest absolute Gasteiger partial charge is 0.401 e. The SMILES string of the molecule is C=C(N)C(CC(C)C)NC(C)=O. The molecule has 1 amide bonds. The van der Waals surface area contributed by atoms with Crippen molar-refractivity contribution in [1.82, 2.24) is 5.32 Å². The summed E-state index contributed by atoms with van der Waals surface area (Å²) in [5.41, 5.74) is 6.05. The summed E-state index contributed by atoms with van der Waals surface area (Å²) in [6, 6.07) is -0.0810. The topological polar surface area (TPSA) is 55.1 Å². The second kappa shape index (κ2) is 4.80. The van der Waals surface area contributed by atoms with Gasteiger partial charge in [0.1, 0.15) is 0 Å². The molecular weight excluding hydrogens is 152 g/mol. The molecule has 0 bridgehead atoms. The van der Waals surface area contributed by atoms with E-state index in [1.54, 1.807) is 0 Å². The van der Waals surface area contributed by atoms with Crippen LogP contribution >= 0.6 is 0 Å². The van der Waals surface area contributed by atoms with Crippen LogP contribution in [0.15, 0.2) is 12.3 Å². The van der Waals surface area contributed by atoms with Crippen LogP contribution in [-0.4, -0.2) is 11.9 Å². The van der Waals surface area contributed by atoms with Gasteiger partial charge in [-0.15, -0.1) is 0 Å². The first-order valence-electron chi connectivity index (χ1n) is 4.14. The number of nitrogens with two attached hydrogens (primary N) is 1. The van der Waals surface area contributed by atoms with E-state index in [0.717, 1.165) is 6.42 Å². The van der Waals surface area contributed by atoms with Crippen LogP contribution in [0.3, 0.4) is 0 Å². The van der Waals surface area contributed by atoms with Crippen LogP contribution < -0.4 is 11.1 Å². The first kappa shape index (κ1) is 11.0. The van der Waals surface area contributed by atoms with Crippen molar-refractivity contribution in [2.24, 2.45) is 11.7 Å². The molecule has 70 valence electrons. The molecule has 3 N–H and O–H groups in total. The lowest BCUT2D eigenvalue weighted by Gasteiger charge is -2.19. The van der Waals surface area contributed by atoms with Gasteiger partial charge in [0.2, 0.25) is 5.91 Å². The minimum absolute atomic E-state index is 0.0627. The highest BCUT2D eigenvalue weighted by atomic mass is 16.1. The summed E-state index contributed by atoms with van der Waals surface area (Å²) < 4.78 is 0. The Hall–Kier alpha value is -0.990. The second-order valence-corrected chi connectivity index (χ2v) is 3.46. The fourth-order valence-electron chi connectivity index (χ4n) is 1.02. The molecule has 0 aliphatic heterocycles. The first-order chi connectivity index (χ1) is 5.43. The van der Waals surface area contributed by atoms with Crippen LogP contribution in [0.4, 0.5) is 0 Å². The van der Waals surface area contributed by atoms with Gasteiger partial charge in [0.25, 0.3) is 0 Å². The van der Waals surface area contributed by atoms with Crippen molar-refractivity contribution in [3.05, 3.63) is 12.3 Å². The third-order valence-electron chi connectivity index (χ3n) is 1.53. The third-order valence-corrected chi connectivity index (χ3v) is 1.53. The molecule has 0 aliphatic rings. The first-order valence-corrected chi connectivity index (χ1v) is 4.14. The summed E-state index contributed by atoms with van der Waals surface area (Å²) >= 11 is 0. The minimum atomic E-state index is -0.0810. The molecule has 0 heterocycles. The predicted octanol–water partition coefficient (Wildman–Crippen LogP) is 1.01. The molecule has 3 nitrogen and oxygen atoms in total. The van der Waals surface area contributed by atoms with E-state index < -0.39 is 0 Å². The van der Waals surface area contributed by atoms with Crippen molar-refractivity contribution in [2.75, 3.05) is 0 Å². The average molecular weight is 170 g/mol. The van der Waals surface area contributed by atoms with Gasteiger partial charge in [0.15, 0.2) is 0 Å². The standard InChI is InChI=1S/C9H18N2O/c1-6(2)5-9(7(3)10)11-8(4)12/h6,9H,3,5,10H2,1-2,4H3,(H,11,12). The average Bonchev–Trinajstić information content (AvgIpc) is 1.83. The molecule has 1 atom stereocenters. The van der Waals surface area contributed by atoms with Gasteiger partial charge in [0.05, 0.1) is 6.04 Å². The quantitative estimate of drug-likeness (QED) is 0.661. The minimum Gasteiger partial charge on any atom is -0.401 e. The van der Waals surface area contributed by atoms with Crippen molar-refractivity contribution in [3.8, 4) is 0 Å². The Balaban J connectivity index is 4.04. The number of hydrogen-bond donors (Lipinski definition) is 2. The molecule has 0 radical (unpaired) electrons. The molecule has 0 aromatic rings. The van der Waals surface area contributed by atoms with Crippen LogP contribution in [0.1, 0.15) is 27.2 Å². The maximum absolute atomic E-state index is 10.7. The van der Waals surface area contributed by atoms with Gasteiger partial charge >= 0.3 is 0 Å². The summed E-state index contributed by atoms with van der Waals surface area (Å²) in [6.07, 6.45) is 0.842. The van der Waals surface area contributed by atoms with E-state index in [1.165, 1.54) is 6.92 Å². The Kier molecular flexibility index (Phi) is 4.40. The molecule has 0 aromatic carbocycles. The molecule has 0 fully saturated rings. The van der Waals surface area contributed by atoms with Crippen molar-refractivity contribution < 1.29 is 4.79 Å². The fraction of sp³-hybridized carbons (Fsp3) is 0.667. The van der Waals surface area contributed by atoms with Crippen molar-refractivity contribution in [3.63, 3.8) is 0 Å². The number of carbonyl (C=O) groups excluding carboxylic acids is 1. The van der Waals surface area contributed by atoms with Crippen LogP contribution in [0.2, 0.25) is 0 Å². The zero-order chi connectivity index (χ0) is 9.72. The normalized spacial score (nSPS) is 12.7. The maximum Gasteiger partial charge on any atom is 0.217 e. The Morgan fingerprint density at radius 2 is 2.08 bits per heavy atom. The Morgan fingerprint density at radius 1 is 1.58 bits per heavy atom. The van der Waals surface area contributed by atoms with Crippen LogP contribution in [0.5, 0.6) is 0 Å². The fourth-order valence-corrected chi connectivity index (χ4v) is 1.02. The van der Waals surface area contributed by atoms with E-state index in [-0.39, 0.29) is 11.9 Å². The smallest absolute Gasteiger partial charge is 0.217 e. The summed E-state index contributed by atoms with van der Waals surface area (Å²) in [5, 5.41) is 2.75. The molecule has 0 saturated heterocycles. The zero-order valence-corrected chi connectivity index (χ0v) is 8.05. The lowest BCUT2D eigenvalue weighted by atomic mass is 10.0. The van der Waals surface area contributed by atoms with Crippen LogP contribution in [0.25, 0.3) is 0 Å². The Bertz CT molecular complexity index is 175. The lowest BCUT2D eigenvalue weighted by Crippen LogP contribution is -2.37. The zero-order valence-electron chi connectivity index (χ0n) is 8.05. The molecule has 12 heavy (non-hydrogen) atoms. The molecular formula is C9H18N2O. The monoisotopic (exact) mass is 170 g/mol. The molecule has 0 spiro atoms. The molecule has 0 aromatic heterocycles. The van der Waals surface area contributed by atoms with Gasteiger partial charge < -0.3 is 11.1 Å². The second-order valence-electron chi connectivity index (χ2n) is 3.46. The van der Waals surface area contributed by atoms with E-state index in [1.807, 2.05) is 0 Å². The van der Waals surface area contributed by atoms with E-state index in [2.05, 4.69) is 25.7 Å². The number of hydrogen-bond acceptors (Lipinski definition) is 2. The van der Waals surface area contributed by atoms with Gasteiger partial charge in [-0.1, -0.05) is 20.4 Å². The van der Waals surface area contributed by atoms with Gasteiger partial charge in [0, 0.05) is 12.6 Å². The van der Waals surface area contributed by atoms with Gasteiger partial charge in [-0.3, -0.25) is 4.79 Å². The summed E-state index contributed by atoms with van der Waals surface area (Å²) in [6.45, 7) is 9.27. The highest BCUT2D eigenvalue weighted by molar-refractivity contribution is 5.73. The van der Waals surface area contributed by atoms with Crippen molar-refractivity contribution in [2.45, 2.75) is 33.2 Å². The number of amides is 1. The molecule has 1 unspecified atom stereocenters. The van der Waals surface area contributed by atoms with Crippen molar-refractivity contribution >= 4 is 5.91 Å². The maximum atomic E-state index is 10.7. The highest BCUT2D eigenvalue weighted by Crippen LogP contribution is 2.07. The molecule has 3 heteroatoms. The Labute approximate surface area is 74.0 Å². The van der Waals surface area contributed by atoms with E-state index in [4.69, 9.17) is 5.73 Å².